The van der Waals surface area contributed by atoms with Crippen LogP contribution in [0.5, 0.6) is 0 Å². The molecule has 0 aliphatic heterocycles. The Kier molecular flexibility index (Phi) is 5.14. The van der Waals surface area contributed by atoms with Crippen LogP contribution in [-0.4, -0.2) is 38.8 Å². The van der Waals surface area contributed by atoms with E-state index in [1.54, 1.807) is 6.92 Å². The number of hydrogen-bond donors (Lipinski definition) is 1. The van der Waals surface area contributed by atoms with Crippen molar-refractivity contribution in [3.05, 3.63) is 11.4 Å². The van der Waals surface area contributed by atoms with Gasteiger partial charge in [0.25, 0.3) is 6.43 Å². The van der Waals surface area contributed by atoms with Crippen LogP contribution in [0.25, 0.3) is 0 Å². The quantitative estimate of drug-likeness (QED) is 0.779. The van der Waals surface area contributed by atoms with E-state index in [9.17, 15) is 13.6 Å². The van der Waals surface area contributed by atoms with Crippen LogP contribution in [0.2, 0.25) is 0 Å². The van der Waals surface area contributed by atoms with Gasteiger partial charge in [0, 0.05) is 6.54 Å². The van der Waals surface area contributed by atoms with Gasteiger partial charge in [-0.25, -0.2) is 18.3 Å². The van der Waals surface area contributed by atoms with Gasteiger partial charge >= 0.3 is 5.97 Å². The summed E-state index contributed by atoms with van der Waals surface area (Å²) in [6.07, 6.45) is -3.29. The molecule has 18 heavy (non-hydrogen) atoms. The third-order valence-electron chi connectivity index (χ3n) is 2.21. The van der Waals surface area contributed by atoms with Gasteiger partial charge in [0.15, 0.2) is 5.69 Å². The zero-order chi connectivity index (χ0) is 13.7. The Morgan fingerprint density at radius 1 is 1.56 bits per heavy atom. The van der Waals surface area contributed by atoms with Crippen LogP contribution in [0.4, 0.5) is 8.78 Å². The molecule has 0 saturated heterocycles. The van der Waals surface area contributed by atoms with Crippen LogP contribution in [0.1, 0.15) is 42.9 Å². The van der Waals surface area contributed by atoms with Gasteiger partial charge in [-0.15, -0.1) is 5.10 Å². The summed E-state index contributed by atoms with van der Waals surface area (Å²) in [6, 6.07) is 0. The molecule has 1 aromatic rings. The first-order chi connectivity index (χ1) is 8.47. The molecule has 1 unspecified atom stereocenters. The van der Waals surface area contributed by atoms with Gasteiger partial charge < -0.3 is 9.84 Å². The number of esters is 1. The van der Waals surface area contributed by atoms with Gasteiger partial charge in [-0.05, 0) is 20.3 Å². The Labute approximate surface area is 103 Å². The SMILES string of the molecule is CCOC(=O)c1nnn(CCC(C)O)c1C(F)F. The van der Waals surface area contributed by atoms with Crippen LogP contribution in [-0.2, 0) is 11.3 Å². The number of alkyl halides is 2. The first kappa shape index (κ1) is 14.5. The molecule has 0 fully saturated rings. The lowest BCUT2D eigenvalue weighted by molar-refractivity contribution is 0.0506. The van der Waals surface area contributed by atoms with E-state index in [4.69, 9.17) is 5.11 Å². The Balaban J connectivity index is 2.95. The minimum absolute atomic E-state index is 0.0593. The third kappa shape index (κ3) is 3.46. The number of aromatic nitrogens is 3. The predicted octanol–water partition coefficient (Wildman–Crippen LogP) is 1.16. The fourth-order valence-electron chi connectivity index (χ4n) is 1.36. The van der Waals surface area contributed by atoms with Crippen LogP contribution in [0.15, 0.2) is 0 Å². The molecule has 0 saturated carbocycles. The number of aliphatic hydroxyl groups is 1. The summed E-state index contributed by atoms with van der Waals surface area (Å²) in [5, 5.41) is 16.0. The monoisotopic (exact) mass is 263 g/mol. The Morgan fingerprint density at radius 2 is 2.22 bits per heavy atom. The normalized spacial score (nSPS) is 12.8. The summed E-state index contributed by atoms with van der Waals surface area (Å²) in [4.78, 5) is 11.4. The molecule has 1 heterocycles. The number of carbonyl (C=O) groups excluding carboxylic acids is 1. The number of rotatable bonds is 6. The number of ether oxygens (including phenoxy) is 1. The molecule has 0 amide bonds. The third-order valence-corrected chi connectivity index (χ3v) is 2.21. The van der Waals surface area contributed by atoms with E-state index in [1.807, 2.05) is 0 Å². The van der Waals surface area contributed by atoms with Crippen LogP contribution in [0.3, 0.4) is 0 Å². The van der Waals surface area contributed by atoms with E-state index in [1.165, 1.54) is 6.92 Å². The Morgan fingerprint density at radius 3 is 2.72 bits per heavy atom. The predicted molar refractivity (Wildman–Crippen MR) is 57.2 cm³/mol. The maximum atomic E-state index is 12.9. The number of halogens is 2. The number of carbonyl (C=O) groups is 1. The van der Waals surface area contributed by atoms with Gasteiger partial charge in [0.05, 0.1) is 12.7 Å². The molecule has 6 nitrogen and oxygen atoms in total. The highest BCUT2D eigenvalue weighted by atomic mass is 19.3. The van der Waals surface area contributed by atoms with Crippen molar-refractivity contribution in [2.75, 3.05) is 6.61 Å². The highest BCUT2D eigenvalue weighted by Crippen LogP contribution is 2.22. The molecule has 0 aliphatic rings. The van der Waals surface area contributed by atoms with E-state index in [-0.39, 0.29) is 19.6 Å². The molecule has 1 N–H and O–H groups in total. The second-order valence-corrected chi connectivity index (χ2v) is 3.71. The topological polar surface area (TPSA) is 77.2 Å². The Bertz CT molecular complexity index is 407. The molecule has 102 valence electrons. The van der Waals surface area contributed by atoms with Crippen molar-refractivity contribution in [1.29, 1.82) is 0 Å². The maximum Gasteiger partial charge on any atom is 0.361 e. The lowest BCUT2D eigenvalue weighted by atomic mass is 10.2. The van der Waals surface area contributed by atoms with Crippen molar-refractivity contribution in [1.82, 2.24) is 15.0 Å². The first-order valence-corrected chi connectivity index (χ1v) is 5.54. The van der Waals surface area contributed by atoms with E-state index >= 15 is 0 Å². The smallest absolute Gasteiger partial charge is 0.361 e. The van der Waals surface area contributed by atoms with Crippen molar-refractivity contribution in [3.63, 3.8) is 0 Å². The lowest BCUT2D eigenvalue weighted by Crippen LogP contribution is -2.13. The van der Waals surface area contributed by atoms with Gasteiger partial charge in [0.2, 0.25) is 0 Å². The highest BCUT2D eigenvalue weighted by Gasteiger charge is 2.27. The first-order valence-electron chi connectivity index (χ1n) is 5.54. The van der Waals surface area contributed by atoms with Gasteiger partial charge in [-0.2, -0.15) is 0 Å². The summed E-state index contributed by atoms with van der Waals surface area (Å²) in [7, 11) is 0. The number of hydrogen-bond acceptors (Lipinski definition) is 5. The summed E-state index contributed by atoms with van der Waals surface area (Å²) in [6.45, 7) is 3.23. The average molecular weight is 263 g/mol. The molecule has 0 radical (unpaired) electrons. The molecule has 1 atom stereocenters. The summed E-state index contributed by atoms with van der Waals surface area (Å²) in [5.74, 6) is -0.920. The summed E-state index contributed by atoms with van der Waals surface area (Å²) in [5.41, 5.74) is -1.05. The summed E-state index contributed by atoms with van der Waals surface area (Å²) >= 11 is 0. The van der Waals surface area contributed by atoms with Crippen molar-refractivity contribution in [2.45, 2.75) is 39.3 Å². The second kappa shape index (κ2) is 6.39. The highest BCUT2D eigenvalue weighted by molar-refractivity contribution is 5.88. The fourth-order valence-corrected chi connectivity index (χ4v) is 1.36. The number of nitrogens with zero attached hydrogens (tertiary/aromatic N) is 3. The van der Waals surface area contributed by atoms with Crippen LogP contribution < -0.4 is 0 Å². The number of aliphatic hydroxyl groups excluding tert-OH is 1. The Hall–Kier alpha value is -1.57. The molecule has 1 aromatic heterocycles. The minimum atomic E-state index is -2.88. The molecule has 0 spiro atoms. The molecule has 0 aliphatic carbocycles. The zero-order valence-electron chi connectivity index (χ0n) is 10.1. The molecule has 0 bridgehead atoms. The average Bonchev–Trinajstić information content (AvgIpc) is 2.70. The molecule has 1 rings (SSSR count). The van der Waals surface area contributed by atoms with Crippen LogP contribution >= 0.6 is 0 Å². The van der Waals surface area contributed by atoms with E-state index < -0.39 is 29.9 Å². The van der Waals surface area contributed by atoms with E-state index in [2.05, 4.69) is 15.0 Å². The van der Waals surface area contributed by atoms with Crippen molar-refractivity contribution < 1.29 is 23.4 Å². The van der Waals surface area contributed by atoms with E-state index in [0.717, 1.165) is 4.68 Å². The zero-order valence-corrected chi connectivity index (χ0v) is 10.1. The number of aryl methyl sites for hydroxylation is 1. The van der Waals surface area contributed by atoms with Gasteiger partial charge in [0.1, 0.15) is 5.69 Å². The lowest BCUT2D eigenvalue weighted by Gasteiger charge is -2.08. The fraction of sp³-hybridized carbons (Fsp3) is 0.700. The van der Waals surface area contributed by atoms with Gasteiger partial charge in [-0.3, -0.25) is 0 Å². The standard InChI is InChI=1S/C10H15F2N3O3/c1-3-18-10(17)7-8(9(11)12)15(14-13-7)5-4-6(2)16/h6,9,16H,3-5H2,1-2H3. The summed E-state index contributed by atoms with van der Waals surface area (Å²) < 4.78 is 31.3. The van der Waals surface area contributed by atoms with E-state index in [0.29, 0.717) is 0 Å². The second-order valence-electron chi connectivity index (χ2n) is 3.71. The van der Waals surface area contributed by atoms with Crippen molar-refractivity contribution >= 4 is 5.97 Å². The minimum Gasteiger partial charge on any atom is -0.461 e. The molecule has 8 heteroatoms. The molecular weight excluding hydrogens is 248 g/mol. The van der Waals surface area contributed by atoms with Crippen molar-refractivity contribution in [2.24, 2.45) is 0 Å². The van der Waals surface area contributed by atoms with Crippen LogP contribution in [0, 0.1) is 0 Å². The largest absolute Gasteiger partial charge is 0.461 e. The molecule has 0 aromatic carbocycles. The maximum absolute atomic E-state index is 12.9. The van der Waals surface area contributed by atoms with Crippen molar-refractivity contribution in [3.8, 4) is 0 Å². The molecular formula is C10H15F2N3O3. The van der Waals surface area contributed by atoms with Gasteiger partial charge in [-0.1, -0.05) is 5.21 Å².